The lowest BCUT2D eigenvalue weighted by Gasteiger charge is -2.23. The van der Waals surface area contributed by atoms with Gasteiger partial charge >= 0.3 is 0 Å². The predicted molar refractivity (Wildman–Crippen MR) is 83.7 cm³/mol. The molecule has 0 heterocycles. The average Bonchev–Trinajstić information content (AvgIpc) is 2.37. The first-order valence-electron chi connectivity index (χ1n) is 7.15. The molecule has 0 aliphatic carbocycles. The van der Waals surface area contributed by atoms with Crippen LogP contribution in [0.3, 0.4) is 0 Å². The van der Waals surface area contributed by atoms with Crippen molar-refractivity contribution in [3.63, 3.8) is 0 Å². The van der Waals surface area contributed by atoms with Gasteiger partial charge in [0.15, 0.2) is 0 Å². The van der Waals surface area contributed by atoms with Crippen LogP contribution in [0.25, 0.3) is 0 Å². The second kappa shape index (κ2) is 10.2. The predicted octanol–water partition coefficient (Wildman–Crippen LogP) is 1.51. The molecule has 20 heavy (non-hydrogen) atoms. The van der Waals surface area contributed by atoms with Crippen LogP contribution in [-0.4, -0.2) is 36.8 Å². The van der Waals surface area contributed by atoms with E-state index >= 15 is 0 Å². The highest BCUT2D eigenvalue weighted by Crippen LogP contribution is 2.20. The van der Waals surface area contributed by atoms with Gasteiger partial charge in [0.2, 0.25) is 11.0 Å². The van der Waals surface area contributed by atoms with E-state index in [1.165, 1.54) is 0 Å². The van der Waals surface area contributed by atoms with Crippen molar-refractivity contribution >= 4 is 23.7 Å². The third kappa shape index (κ3) is 8.55. The Morgan fingerprint density at radius 2 is 2.00 bits per heavy atom. The number of amides is 1. The zero-order chi connectivity index (χ0) is 15.6. The Morgan fingerprint density at radius 1 is 1.35 bits per heavy atom. The van der Waals surface area contributed by atoms with Gasteiger partial charge in [0.05, 0.1) is 6.04 Å². The molecule has 0 bridgehead atoms. The average molecular weight is 304 g/mol. The van der Waals surface area contributed by atoms with Crippen LogP contribution in [0.15, 0.2) is 0 Å². The lowest BCUT2D eigenvalue weighted by atomic mass is 9.88. The van der Waals surface area contributed by atoms with E-state index < -0.39 is 11.5 Å². The molecule has 1 atom stereocenters. The van der Waals surface area contributed by atoms with Gasteiger partial charge in [0.25, 0.3) is 0 Å². The van der Waals surface area contributed by atoms with Crippen LogP contribution in [0.4, 0.5) is 0 Å². The van der Waals surface area contributed by atoms with E-state index in [1.807, 2.05) is 20.8 Å². The van der Waals surface area contributed by atoms with Crippen molar-refractivity contribution in [2.45, 2.75) is 52.5 Å². The number of unbranched alkanes of at least 4 members (excludes halogenated alkanes) is 1. The Kier molecular flexibility index (Phi) is 9.88. The molecule has 0 aromatic heterocycles. The zero-order valence-corrected chi connectivity index (χ0v) is 13.7. The number of thiol groups is 1. The van der Waals surface area contributed by atoms with Crippen molar-refractivity contribution in [2.24, 2.45) is 11.1 Å². The highest BCUT2D eigenvalue weighted by molar-refractivity contribution is 7.96. The van der Waals surface area contributed by atoms with E-state index in [4.69, 9.17) is 10.5 Å². The summed E-state index contributed by atoms with van der Waals surface area (Å²) in [5.74, 6) is 0.0340. The van der Waals surface area contributed by atoms with Crippen LogP contribution in [0.5, 0.6) is 0 Å². The summed E-state index contributed by atoms with van der Waals surface area (Å²) >= 11 is 3.68. The van der Waals surface area contributed by atoms with E-state index in [-0.39, 0.29) is 11.0 Å². The Labute approximate surface area is 127 Å². The summed E-state index contributed by atoms with van der Waals surface area (Å²) in [6.07, 6.45) is 2.91. The van der Waals surface area contributed by atoms with Crippen LogP contribution in [0, 0.1) is 5.41 Å². The molecule has 5 nitrogen and oxygen atoms in total. The monoisotopic (exact) mass is 304 g/mol. The fourth-order valence-corrected chi connectivity index (χ4v) is 1.77. The topological polar surface area (TPSA) is 81.4 Å². The van der Waals surface area contributed by atoms with Crippen molar-refractivity contribution in [1.29, 1.82) is 0 Å². The summed E-state index contributed by atoms with van der Waals surface area (Å²) in [5.41, 5.74) is 5.14. The number of carbonyl (C=O) groups is 2. The maximum atomic E-state index is 12.0. The molecule has 6 heteroatoms. The molecule has 0 saturated heterocycles. The molecule has 118 valence electrons. The number of ether oxygens (including phenoxy) is 1. The van der Waals surface area contributed by atoms with Gasteiger partial charge in [0, 0.05) is 25.2 Å². The molecular formula is C14H28N2O3S. The largest absolute Gasteiger partial charge is 0.382 e. The van der Waals surface area contributed by atoms with E-state index in [1.54, 1.807) is 0 Å². The molecule has 0 spiro atoms. The summed E-state index contributed by atoms with van der Waals surface area (Å²) < 4.78 is 5.28. The highest BCUT2D eigenvalue weighted by atomic mass is 32.1. The molecule has 0 rings (SSSR count). The molecule has 1 unspecified atom stereocenters. The number of hydrogen-bond donors (Lipinski definition) is 3. The smallest absolute Gasteiger partial charge is 0.225 e. The molecule has 0 aromatic carbocycles. The molecule has 0 aromatic rings. The summed E-state index contributed by atoms with van der Waals surface area (Å²) in [6.45, 7) is 7.63. The minimum Gasteiger partial charge on any atom is -0.382 e. The zero-order valence-electron chi connectivity index (χ0n) is 12.8. The van der Waals surface area contributed by atoms with Crippen LogP contribution >= 0.6 is 12.6 Å². The molecule has 0 radical (unpaired) electrons. The van der Waals surface area contributed by atoms with Gasteiger partial charge in [-0.15, -0.1) is 12.6 Å². The van der Waals surface area contributed by atoms with Crippen molar-refractivity contribution < 1.29 is 14.3 Å². The summed E-state index contributed by atoms with van der Waals surface area (Å²) in [6, 6.07) is -0.503. The van der Waals surface area contributed by atoms with Crippen molar-refractivity contribution in [2.75, 3.05) is 19.8 Å². The van der Waals surface area contributed by atoms with Gasteiger partial charge in [-0.2, -0.15) is 0 Å². The SMILES string of the molecule is CCOCCC(C)(C)C(=O)NCCCCC(N)C(=O)S. The van der Waals surface area contributed by atoms with E-state index in [9.17, 15) is 9.59 Å². The van der Waals surface area contributed by atoms with Gasteiger partial charge < -0.3 is 15.8 Å². The summed E-state index contributed by atoms with van der Waals surface area (Å²) in [7, 11) is 0. The fraction of sp³-hybridized carbons (Fsp3) is 0.857. The second-order valence-electron chi connectivity index (χ2n) is 5.53. The van der Waals surface area contributed by atoms with E-state index in [0.29, 0.717) is 32.6 Å². The van der Waals surface area contributed by atoms with Gasteiger partial charge in [-0.3, -0.25) is 9.59 Å². The molecule has 0 aliphatic rings. The Bertz CT molecular complexity index is 309. The lowest BCUT2D eigenvalue weighted by molar-refractivity contribution is -0.130. The first-order chi connectivity index (χ1) is 9.31. The van der Waals surface area contributed by atoms with Crippen molar-refractivity contribution in [3.05, 3.63) is 0 Å². The third-order valence-corrected chi connectivity index (χ3v) is 3.57. The van der Waals surface area contributed by atoms with Crippen molar-refractivity contribution in [1.82, 2.24) is 5.32 Å². The molecule has 0 saturated carbocycles. The fourth-order valence-electron chi connectivity index (χ4n) is 1.64. The summed E-state index contributed by atoms with van der Waals surface area (Å²) in [4.78, 5) is 22.8. The second-order valence-corrected chi connectivity index (χ2v) is 5.97. The Hall–Kier alpha value is -0.590. The first-order valence-corrected chi connectivity index (χ1v) is 7.60. The molecule has 0 fully saturated rings. The Balaban J connectivity index is 3.78. The molecule has 3 N–H and O–H groups in total. The Morgan fingerprint density at radius 3 is 2.55 bits per heavy atom. The van der Waals surface area contributed by atoms with Gasteiger partial charge in [-0.1, -0.05) is 13.8 Å². The minimum atomic E-state index is -0.503. The number of hydrogen-bond acceptors (Lipinski definition) is 4. The van der Waals surface area contributed by atoms with Gasteiger partial charge in [0.1, 0.15) is 0 Å². The van der Waals surface area contributed by atoms with E-state index in [2.05, 4.69) is 17.9 Å². The lowest BCUT2D eigenvalue weighted by Crippen LogP contribution is -2.38. The quantitative estimate of drug-likeness (QED) is 0.399. The number of nitrogens with one attached hydrogen (secondary N) is 1. The first kappa shape index (κ1) is 19.4. The number of nitrogens with two attached hydrogens (primary N) is 1. The van der Waals surface area contributed by atoms with Crippen LogP contribution in [-0.2, 0) is 14.3 Å². The van der Waals surface area contributed by atoms with E-state index in [0.717, 1.165) is 12.8 Å². The van der Waals surface area contributed by atoms with Crippen LogP contribution in [0.2, 0.25) is 0 Å². The molecule has 0 aliphatic heterocycles. The number of carbonyl (C=O) groups excluding carboxylic acids is 2. The van der Waals surface area contributed by atoms with Gasteiger partial charge in [-0.25, -0.2) is 0 Å². The minimum absolute atomic E-state index is 0.0340. The summed E-state index contributed by atoms with van der Waals surface area (Å²) in [5, 5.41) is 2.63. The molecular weight excluding hydrogens is 276 g/mol. The third-order valence-electron chi connectivity index (χ3n) is 3.23. The van der Waals surface area contributed by atoms with Crippen LogP contribution in [0.1, 0.15) is 46.5 Å². The number of rotatable bonds is 11. The standard InChI is InChI=1S/C14H28N2O3S/c1-4-19-10-8-14(2,3)13(18)16-9-6-5-7-11(15)12(17)20/h11H,4-10,15H2,1-3H3,(H,16,18)(H,17,20). The van der Waals surface area contributed by atoms with Crippen LogP contribution < -0.4 is 11.1 Å². The van der Waals surface area contributed by atoms with Crippen molar-refractivity contribution in [3.8, 4) is 0 Å². The normalized spacial score (nSPS) is 13.1. The highest BCUT2D eigenvalue weighted by Gasteiger charge is 2.26. The van der Waals surface area contributed by atoms with Gasteiger partial charge in [-0.05, 0) is 32.6 Å². The maximum absolute atomic E-state index is 12.0. The maximum Gasteiger partial charge on any atom is 0.225 e. The molecule has 1 amide bonds.